The lowest BCUT2D eigenvalue weighted by Crippen LogP contribution is -2.52. The van der Waals surface area contributed by atoms with Gasteiger partial charge in [-0.25, -0.2) is 8.42 Å². The maximum Gasteiger partial charge on any atom is 0.244 e. The van der Waals surface area contributed by atoms with E-state index < -0.39 is 28.5 Å². The van der Waals surface area contributed by atoms with E-state index in [1.165, 1.54) is 4.90 Å². The normalized spacial score (nSPS) is 12.3. The minimum absolute atomic E-state index is 0.0806. The molecule has 0 fully saturated rings. The van der Waals surface area contributed by atoms with Gasteiger partial charge in [-0.1, -0.05) is 30.3 Å². The summed E-state index contributed by atoms with van der Waals surface area (Å²) >= 11 is 2.13. The van der Waals surface area contributed by atoms with Gasteiger partial charge >= 0.3 is 0 Å². The number of nitrogens with one attached hydrogen (secondary N) is 1. The molecule has 0 aliphatic carbocycles. The first-order valence-electron chi connectivity index (χ1n) is 9.86. The van der Waals surface area contributed by atoms with Gasteiger partial charge < -0.3 is 10.2 Å². The predicted molar refractivity (Wildman–Crippen MR) is 131 cm³/mol. The summed E-state index contributed by atoms with van der Waals surface area (Å²) in [5.41, 5.74) is 1.25. The molecule has 0 aliphatic heterocycles. The summed E-state index contributed by atoms with van der Waals surface area (Å²) in [6.07, 6.45) is 1.06. The quantitative estimate of drug-likeness (QED) is 0.481. The molecule has 31 heavy (non-hydrogen) atoms. The van der Waals surface area contributed by atoms with Gasteiger partial charge in [0, 0.05) is 16.2 Å². The van der Waals surface area contributed by atoms with Gasteiger partial charge in [0.1, 0.15) is 12.6 Å². The zero-order chi connectivity index (χ0) is 23.2. The fraction of sp³-hybridized carbons (Fsp3) is 0.364. The van der Waals surface area contributed by atoms with Gasteiger partial charge in [-0.15, -0.1) is 0 Å². The molecule has 1 N–H and O–H groups in total. The highest BCUT2D eigenvalue weighted by atomic mass is 127. The zero-order valence-electron chi connectivity index (χ0n) is 18.1. The zero-order valence-corrected chi connectivity index (χ0v) is 21.1. The van der Waals surface area contributed by atoms with Crippen molar-refractivity contribution in [2.45, 2.75) is 39.4 Å². The smallest absolute Gasteiger partial charge is 0.244 e. The standard InChI is InChI=1S/C22H28IN3O4S/c1-16(2)24-22(28)17(3)25(14-18-8-6-5-7-9-18)21(27)15-26(31(4,29)30)20-12-10-19(23)11-13-20/h5-13,16-17H,14-15H2,1-4H3,(H,24,28). The molecule has 0 spiro atoms. The first-order chi connectivity index (χ1) is 14.5. The van der Waals surface area contributed by atoms with Gasteiger partial charge in [-0.2, -0.15) is 0 Å². The van der Waals surface area contributed by atoms with E-state index in [4.69, 9.17) is 0 Å². The molecule has 0 saturated heterocycles. The Hall–Kier alpha value is -2.14. The molecule has 0 bridgehead atoms. The van der Waals surface area contributed by atoms with E-state index in [2.05, 4.69) is 27.9 Å². The molecule has 9 heteroatoms. The molecular weight excluding hydrogens is 529 g/mol. The van der Waals surface area contributed by atoms with Crippen LogP contribution in [0.15, 0.2) is 54.6 Å². The number of rotatable bonds is 9. The highest BCUT2D eigenvalue weighted by Crippen LogP contribution is 2.20. The number of carbonyl (C=O) groups excluding carboxylic acids is 2. The molecular formula is C22H28IN3O4S. The summed E-state index contributed by atoms with van der Waals surface area (Å²) in [5, 5.41) is 2.82. The third kappa shape index (κ3) is 7.49. The van der Waals surface area contributed by atoms with Crippen LogP contribution < -0.4 is 9.62 Å². The molecule has 0 saturated carbocycles. The Morgan fingerprint density at radius 2 is 1.58 bits per heavy atom. The summed E-state index contributed by atoms with van der Waals surface area (Å²) in [7, 11) is -3.71. The van der Waals surface area contributed by atoms with Crippen molar-refractivity contribution < 1.29 is 18.0 Å². The molecule has 2 aromatic rings. The largest absolute Gasteiger partial charge is 0.352 e. The monoisotopic (exact) mass is 557 g/mol. The number of sulfonamides is 1. The van der Waals surface area contributed by atoms with E-state index in [1.54, 1.807) is 31.2 Å². The number of anilines is 1. The first kappa shape index (κ1) is 25.1. The van der Waals surface area contributed by atoms with Crippen LogP contribution >= 0.6 is 22.6 Å². The maximum absolute atomic E-state index is 13.3. The van der Waals surface area contributed by atoms with Crippen molar-refractivity contribution in [1.82, 2.24) is 10.2 Å². The van der Waals surface area contributed by atoms with Gasteiger partial charge in [-0.05, 0) is 73.2 Å². The number of nitrogens with zero attached hydrogens (tertiary/aromatic N) is 2. The second-order valence-electron chi connectivity index (χ2n) is 7.59. The Morgan fingerprint density at radius 1 is 1.00 bits per heavy atom. The van der Waals surface area contributed by atoms with Crippen molar-refractivity contribution in [3.05, 3.63) is 63.7 Å². The molecule has 1 unspecified atom stereocenters. The molecule has 2 aromatic carbocycles. The number of hydrogen-bond acceptors (Lipinski definition) is 4. The van der Waals surface area contributed by atoms with E-state index in [-0.39, 0.29) is 18.5 Å². The molecule has 7 nitrogen and oxygen atoms in total. The molecule has 2 rings (SSSR count). The predicted octanol–water partition coefficient (Wildman–Crippen LogP) is 3.00. The van der Waals surface area contributed by atoms with Gasteiger partial charge in [-0.3, -0.25) is 13.9 Å². The maximum atomic E-state index is 13.3. The van der Waals surface area contributed by atoms with Crippen LogP contribution in [0.2, 0.25) is 0 Å². The van der Waals surface area contributed by atoms with E-state index in [0.717, 1.165) is 19.7 Å². The highest BCUT2D eigenvalue weighted by molar-refractivity contribution is 14.1. The minimum Gasteiger partial charge on any atom is -0.352 e. The van der Waals surface area contributed by atoms with Crippen LogP contribution in [0.3, 0.4) is 0 Å². The van der Waals surface area contributed by atoms with Crippen LogP contribution in [-0.2, 0) is 26.2 Å². The van der Waals surface area contributed by atoms with E-state index in [9.17, 15) is 18.0 Å². The van der Waals surface area contributed by atoms with Crippen molar-refractivity contribution >= 4 is 50.1 Å². The third-order valence-electron chi connectivity index (χ3n) is 4.59. The summed E-state index contributed by atoms with van der Waals surface area (Å²) in [6, 6.07) is 15.3. The van der Waals surface area contributed by atoms with E-state index in [1.807, 2.05) is 44.2 Å². The topological polar surface area (TPSA) is 86.8 Å². The lowest BCUT2D eigenvalue weighted by Gasteiger charge is -2.31. The molecule has 168 valence electrons. The van der Waals surface area contributed by atoms with Crippen molar-refractivity contribution in [2.75, 3.05) is 17.1 Å². The lowest BCUT2D eigenvalue weighted by molar-refractivity contribution is -0.139. The van der Waals surface area contributed by atoms with Crippen LogP contribution in [0.4, 0.5) is 5.69 Å². The van der Waals surface area contributed by atoms with Crippen LogP contribution in [0.25, 0.3) is 0 Å². The number of amides is 2. The van der Waals surface area contributed by atoms with E-state index in [0.29, 0.717) is 5.69 Å². The van der Waals surface area contributed by atoms with Gasteiger partial charge in [0.25, 0.3) is 0 Å². The van der Waals surface area contributed by atoms with Crippen LogP contribution in [0.1, 0.15) is 26.3 Å². The Kier molecular flexibility index (Phi) is 8.87. The summed E-state index contributed by atoms with van der Waals surface area (Å²) in [4.78, 5) is 27.4. The minimum atomic E-state index is -3.71. The molecule has 0 aromatic heterocycles. The highest BCUT2D eigenvalue weighted by Gasteiger charge is 2.30. The second kappa shape index (κ2) is 10.9. The Balaban J connectivity index is 2.35. The summed E-state index contributed by atoms with van der Waals surface area (Å²) in [5.74, 6) is -0.751. The second-order valence-corrected chi connectivity index (χ2v) is 10.7. The average molecular weight is 557 g/mol. The summed E-state index contributed by atoms with van der Waals surface area (Å²) in [6.45, 7) is 5.13. The number of benzene rings is 2. The van der Waals surface area contributed by atoms with Crippen LogP contribution in [0, 0.1) is 3.57 Å². The number of hydrogen-bond donors (Lipinski definition) is 1. The average Bonchev–Trinajstić information content (AvgIpc) is 2.70. The molecule has 2 amide bonds. The molecule has 0 aliphatic rings. The van der Waals surface area contributed by atoms with Crippen molar-refractivity contribution in [1.29, 1.82) is 0 Å². The molecule has 0 heterocycles. The fourth-order valence-corrected chi connectivity index (χ4v) is 4.20. The van der Waals surface area contributed by atoms with Crippen molar-refractivity contribution in [2.24, 2.45) is 0 Å². The first-order valence-corrected chi connectivity index (χ1v) is 12.8. The number of halogens is 1. The molecule has 1 atom stereocenters. The Labute approximate surface area is 198 Å². The summed E-state index contributed by atoms with van der Waals surface area (Å²) < 4.78 is 26.9. The molecule has 0 radical (unpaired) electrons. The van der Waals surface area contributed by atoms with Gasteiger partial charge in [0.15, 0.2) is 0 Å². The Morgan fingerprint density at radius 3 is 2.10 bits per heavy atom. The van der Waals surface area contributed by atoms with E-state index >= 15 is 0 Å². The Bertz CT molecular complexity index is 995. The lowest BCUT2D eigenvalue weighted by atomic mass is 10.1. The van der Waals surface area contributed by atoms with Crippen LogP contribution in [-0.4, -0.2) is 50.0 Å². The number of carbonyl (C=O) groups is 2. The van der Waals surface area contributed by atoms with Crippen LogP contribution in [0.5, 0.6) is 0 Å². The van der Waals surface area contributed by atoms with Gasteiger partial charge in [0.2, 0.25) is 21.8 Å². The van der Waals surface area contributed by atoms with Crippen molar-refractivity contribution in [3.8, 4) is 0 Å². The van der Waals surface area contributed by atoms with Crippen molar-refractivity contribution in [3.63, 3.8) is 0 Å². The third-order valence-corrected chi connectivity index (χ3v) is 6.45. The van der Waals surface area contributed by atoms with Gasteiger partial charge in [0.05, 0.1) is 11.9 Å². The fourth-order valence-electron chi connectivity index (χ4n) is 2.99. The SMILES string of the molecule is CC(C)NC(=O)C(C)N(Cc1ccccc1)C(=O)CN(c1ccc(I)cc1)S(C)(=O)=O.